The van der Waals surface area contributed by atoms with Crippen LogP contribution in [-0.2, 0) is 19.6 Å². The van der Waals surface area contributed by atoms with Crippen LogP contribution in [0.5, 0.6) is 0 Å². The number of aliphatic hydroxyl groups excluding tert-OH is 1. The first-order valence-electron chi connectivity index (χ1n) is 12.0. The molecule has 5 nitrogen and oxygen atoms in total. The minimum atomic E-state index is 0.0678. The zero-order chi connectivity index (χ0) is 21.7. The van der Waals surface area contributed by atoms with Gasteiger partial charge < -0.3 is 19.5 Å². The van der Waals surface area contributed by atoms with Gasteiger partial charge in [-0.25, -0.2) is 0 Å². The van der Waals surface area contributed by atoms with Gasteiger partial charge >= 0.3 is 0 Å². The van der Waals surface area contributed by atoms with Gasteiger partial charge in [-0.3, -0.25) is 4.79 Å². The van der Waals surface area contributed by atoms with Crippen LogP contribution in [0.2, 0.25) is 0 Å². The first kappa shape index (κ1) is 20.0. The third-order valence-corrected chi connectivity index (χ3v) is 8.11. The Morgan fingerprint density at radius 3 is 2.34 bits per heavy atom. The van der Waals surface area contributed by atoms with Gasteiger partial charge in [-0.15, -0.1) is 0 Å². The lowest BCUT2D eigenvalue weighted by molar-refractivity contribution is 0.00100. The van der Waals surface area contributed by atoms with Crippen LogP contribution in [0.3, 0.4) is 0 Å². The van der Waals surface area contributed by atoms with E-state index >= 15 is 0 Å². The molecule has 0 spiro atoms. The number of fused-ring (bicyclic) bond motifs is 3. The predicted molar refractivity (Wildman–Crippen MR) is 126 cm³/mol. The summed E-state index contributed by atoms with van der Waals surface area (Å²) in [5.41, 5.74) is 5.75. The van der Waals surface area contributed by atoms with Crippen molar-refractivity contribution in [3.63, 3.8) is 0 Å². The number of benzene rings is 2. The van der Waals surface area contributed by atoms with E-state index in [-0.39, 0.29) is 12.5 Å². The van der Waals surface area contributed by atoms with Crippen molar-refractivity contribution in [3.8, 4) is 0 Å². The van der Waals surface area contributed by atoms with E-state index in [4.69, 9.17) is 0 Å². The summed E-state index contributed by atoms with van der Waals surface area (Å²) in [4.78, 5) is 18.4. The lowest BCUT2D eigenvalue weighted by atomic mass is 9.71. The quantitative estimate of drug-likeness (QED) is 0.673. The third-order valence-electron chi connectivity index (χ3n) is 8.11. The number of rotatable bonds is 5. The van der Waals surface area contributed by atoms with Gasteiger partial charge in [0, 0.05) is 42.3 Å². The summed E-state index contributed by atoms with van der Waals surface area (Å²) in [5, 5.41) is 10.4. The second kappa shape index (κ2) is 7.75. The maximum absolute atomic E-state index is 13.7. The molecule has 3 fully saturated rings. The molecule has 3 aromatic rings. The smallest absolute Gasteiger partial charge is 0.254 e. The van der Waals surface area contributed by atoms with Crippen molar-refractivity contribution < 1.29 is 9.90 Å². The van der Waals surface area contributed by atoms with Gasteiger partial charge in [0.25, 0.3) is 5.91 Å². The molecule has 5 heterocycles. The first-order chi connectivity index (χ1) is 15.6. The molecule has 1 N–H and O–H groups in total. The molecule has 2 aromatic carbocycles. The lowest BCUT2D eigenvalue weighted by Crippen LogP contribution is -2.53. The Kier molecular flexibility index (Phi) is 4.85. The van der Waals surface area contributed by atoms with E-state index in [0.29, 0.717) is 5.41 Å². The van der Waals surface area contributed by atoms with Gasteiger partial charge in [-0.1, -0.05) is 30.3 Å². The second-order valence-corrected chi connectivity index (χ2v) is 10.0. The second-order valence-electron chi connectivity index (χ2n) is 10.0. The average Bonchev–Trinajstić information content (AvgIpc) is 3.14. The monoisotopic (exact) mass is 429 g/mol. The Bertz CT molecular complexity index is 1140. The van der Waals surface area contributed by atoms with Crippen LogP contribution in [-0.4, -0.2) is 58.1 Å². The maximum atomic E-state index is 13.7. The van der Waals surface area contributed by atoms with Gasteiger partial charge in [0.15, 0.2) is 0 Å². The highest BCUT2D eigenvalue weighted by molar-refractivity contribution is 6.08. The molecular formula is C27H31N3O2. The van der Waals surface area contributed by atoms with Gasteiger partial charge in [0.2, 0.25) is 0 Å². The zero-order valence-corrected chi connectivity index (χ0v) is 18.6. The largest absolute Gasteiger partial charge is 0.392 e. The molecule has 0 aliphatic carbocycles. The molecule has 1 amide bonds. The summed E-state index contributed by atoms with van der Waals surface area (Å²) < 4.78 is 2.28. The van der Waals surface area contributed by atoms with Gasteiger partial charge in [0.05, 0.1) is 6.61 Å². The molecule has 1 aromatic heterocycles. The summed E-state index contributed by atoms with van der Waals surface area (Å²) in [6, 6.07) is 14.3. The van der Waals surface area contributed by atoms with Crippen LogP contribution in [0.25, 0.3) is 10.9 Å². The van der Waals surface area contributed by atoms with Crippen LogP contribution in [0.1, 0.15) is 46.3 Å². The van der Waals surface area contributed by atoms with Crippen molar-refractivity contribution in [2.24, 2.45) is 5.41 Å². The molecule has 7 rings (SSSR count). The molecule has 4 aliphatic rings. The van der Waals surface area contributed by atoms with E-state index in [2.05, 4.69) is 38.8 Å². The maximum Gasteiger partial charge on any atom is 0.254 e. The van der Waals surface area contributed by atoms with Crippen LogP contribution >= 0.6 is 0 Å². The number of piperidine rings is 3. The summed E-state index contributed by atoms with van der Waals surface area (Å²) in [7, 11) is 0. The third kappa shape index (κ3) is 3.35. The number of hydrogen-bond acceptors (Lipinski definition) is 3. The summed E-state index contributed by atoms with van der Waals surface area (Å²) in [6.07, 6.45) is 6.86. The minimum Gasteiger partial charge on any atom is -0.392 e. The molecule has 3 saturated heterocycles. The van der Waals surface area contributed by atoms with Crippen molar-refractivity contribution in [3.05, 3.63) is 70.9 Å². The van der Waals surface area contributed by atoms with Crippen molar-refractivity contribution in [2.75, 3.05) is 32.7 Å². The Hall–Kier alpha value is -2.63. The van der Waals surface area contributed by atoms with Crippen molar-refractivity contribution in [1.29, 1.82) is 0 Å². The molecule has 0 radical (unpaired) electrons. The van der Waals surface area contributed by atoms with Crippen molar-refractivity contribution >= 4 is 16.8 Å². The fourth-order valence-electron chi connectivity index (χ4n) is 6.10. The van der Waals surface area contributed by atoms with Gasteiger partial charge in [-0.2, -0.15) is 0 Å². The Labute approximate surface area is 189 Å². The number of aliphatic hydroxyl groups is 1. The fraction of sp³-hybridized carbons (Fsp3) is 0.444. The number of hydrogen-bond donors (Lipinski definition) is 1. The van der Waals surface area contributed by atoms with E-state index in [1.54, 1.807) is 0 Å². The molecule has 2 bridgehead atoms. The first-order valence-corrected chi connectivity index (χ1v) is 12.0. The molecule has 32 heavy (non-hydrogen) atoms. The summed E-state index contributed by atoms with van der Waals surface area (Å²) in [6.45, 7) is 6.15. The average molecular weight is 430 g/mol. The van der Waals surface area contributed by atoms with Crippen molar-refractivity contribution in [1.82, 2.24) is 14.4 Å². The van der Waals surface area contributed by atoms with Gasteiger partial charge in [0.1, 0.15) is 0 Å². The Morgan fingerprint density at radius 1 is 0.906 bits per heavy atom. The standard InChI is InChI=1S/C27H31N3O2/c31-18-21-6-4-20(5-7-21)16-30-17-22-8-12-29(19-27-9-13-28(14-10-27)15-11-27)26(32)23-2-1-3-24(30)25(22)23/h1-7,17,31H,8-16,18-19H2. The molecule has 0 saturated carbocycles. The fourth-order valence-corrected chi connectivity index (χ4v) is 6.10. The van der Waals surface area contributed by atoms with Crippen LogP contribution < -0.4 is 0 Å². The molecule has 0 atom stereocenters. The number of carbonyl (C=O) groups is 1. The van der Waals surface area contributed by atoms with Crippen molar-refractivity contribution in [2.45, 2.75) is 38.8 Å². The number of amides is 1. The van der Waals surface area contributed by atoms with Crippen LogP contribution in [0.15, 0.2) is 48.7 Å². The SMILES string of the molecule is O=C1c2cccc3c2c(cn3Cc2ccc(CO)cc2)CCN1CC12CCN(CC1)CC2. The minimum absolute atomic E-state index is 0.0678. The topological polar surface area (TPSA) is 48.7 Å². The summed E-state index contributed by atoms with van der Waals surface area (Å²) in [5.74, 6) is 0.210. The van der Waals surface area contributed by atoms with Gasteiger partial charge in [-0.05, 0) is 79.6 Å². The number of carbonyl (C=O) groups excluding carboxylic acids is 1. The Balaban J connectivity index is 1.30. The highest BCUT2D eigenvalue weighted by atomic mass is 16.3. The molecule has 0 unspecified atom stereocenters. The van der Waals surface area contributed by atoms with Crippen LogP contribution in [0.4, 0.5) is 0 Å². The lowest BCUT2D eigenvalue weighted by Gasteiger charge is -2.50. The van der Waals surface area contributed by atoms with E-state index in [1.807, 2.05) is 24.3 Å². The molecule has 4 aliphatic heterocycles. The number of nitrogens with zero attached hydrogens (tertiary/aromatic N) is 3. The molecule has 166 valence electrons. The Morgan fingerprint density at radius 2 is 1.62 bits per heavy atom. The zero-order valence-electron chi connectivity index (χ0n) is 18.6. The predicted octanol–water partition coefficient (Wildman–Crippen LogP) is 3.67. The van der Waals surface area contributed by atoms with E-state index in [1.165, 1.54) is 50.0 Å². The van der Waals surface area contributed by atoms with E-state index in [9.17, 15) is 9.90 Å². The highest BCUT2D eigenvalue weighted by Crippen LogP contribution is 2.41. The molecule has 5 heteroatoms. The molecular weight excluding hydrogens is 398 g/mol. The van der Waals surface area contributed by atoms with E-state index < -0.39 is 0 Å². The highest BCUT2D eigenvalue weighted by Gasteiger charge is 2.41. The number of aromatic nitrogens is 1. The van der Waals surface area contributed by atoms with E-state index in [0.717, 1.165) is 48.1 Å². The normalized spacial score (nSPS) is 24.8. The van der Waals surface area contributed by atoms with Crippen LogP contribution in [0, 0.1) is 5.41 Å². The summed E-state index contributed by atoms with van der Waals surface area (Å²) >= 11 is 0.